The number of amides is 2. The summed E-state index contributed by atoms with van der Waals surface area (Å²) in [7, 11) is 0. The minimum Gasteiger partial charge on any atom is -0.341 e. The van der Waals surface area contributed by atoms with Crippen molar-refractivity contribution in [2.24, 2.45) is 0 Å². The number of rotatable bonds is 3. The number of alkyl halides is 3. The lowest BCUT2D eigenvalue weighted by molar-refractivity contribution is -0.136. The Morgan fingerprint density at radius 1 is 1.15 bits per heavy atom. The molecule has 146 valence electrons. The van der Waals surface area contributed by atoms with E-state index in [9.17, 15) is 18.0 Å². The van der Waals surface area contributed by atoms with Crippen LogP contribution in [0.15, 0.2) is 24.3 Å². The number of hydrogen-bond acceptors (Lipinski definition) is 5. The Hall–Kier alpha value is -2.36. The van der Waals surface area contributed by atoms with E-state index >= 15 is 0 Å². The maximum absolute atomic E-state index is 13.0. The zero-order chi connectivity index (χ0) is 19.6. The molecule has 2 N–H and O–H groups in total. The topological polar surface area (TPSA) is 70.2 Å². The van der Waals surface area contributed by atoms with Crippen molar-refractivity contribution in [1.29, 1.82) is 0 Å². The van der Waals surface area contributed by atoms with E-state index in [4.69, 9.17) is 0 Å². The molecule has 1 saturated heterocycles. The predicted molar refractivity (Wildman–Crippen MR) is 99.2 cm³/mol. The van der Waals surface area contributed by atoms with Gasteiger partial charge in [0.1, 0.15) is 0 Å². The van der Waals surface area contributed by atoms with E-state index in [2.05, 4.69) is 39.6 Å². The molecule has 2 amide bonds. The third kappa shape index (κ3) is 4.49. The number of nitrogens with one attached hydrogen (secondary N) is 2. The molecule has 2 aromatic rings. The molecule has 0 radical (unpaired) electrons. The average Bonchev–Trinajstić information content (AvgIpc) is 3.02. The number of carbonyl (C=O) groups is 1. The van der Waals surface area contributed by atoms with Crippen molar-refractivity contribution >= 4 is 33.3 Å². The highest BCUT2D eigenvalue weighted by atomic mass is 32.1. The summed E-state index contributed by atoms with van der Waals surface area (Å²) in [5, 5.41) is 13.7. The predicted octanol–water partition coefficient (Wildman–Crippen LogP) is 4.97. The van der Waals surface area contributed by atoms with Crippen LogP contribution in [0.2, 0.25) is 0 Å². The summed E-state index contributed by atoms with van der Waals surface area (Å²) in [6.07, 6.45) is -1.28. The van der Waals surface area contributed by atoms with Gasteiger partial charge in [-0.05, 0) is 45.2 Å². The number of nitrogens with zero attached hydrogens (tertiary/aromatic N) is 3. The second kappa shape index (κ2) is 7.71. The Labute approximate surface area is 158 Å². The quantitative estimate of drug-likeness (QED) is 0.765. The van der Waals surface area contributed by atoms with Crippen LogP contribution >= 0.6 is 11.3 Å². The van der Waals surface area contributed by atoms with Crippen LogP contribution in [-0.4, -0.2) is 28.3 Å². The minimum absolute atomic E-state index is 0.233. The molecule has 2 heterocycles. The van der Waals surface area contributed by atoms with Gasteiger partial charge in [-0.2, -0.15) is 13.2 Å². The molecule has 27 heavy (non-hydrogen) atoms. The third-order valence-electron chi connectivity index (χ3n) is 4.53. The first-order valence-electron chi connectivity index (χ1n) is 8.62. The van der Waals surface area contributed by atoms with Gasteiger partial charge in [-0.15, -0.1) is 10.2 Å². The highest BCUT2D eigenvalue weighted by molar-refractivity contribution is 7.19. The number of piperidine rings is 1. The first-order valence-corrected chi connectivity index (χ1v) is 9.43. The lowest BCUT2D eigenvalue weighted by Crippen LogP contribution is -2.43. The zero-order valence-electron chi connectivity index (χ0n) is 14.9. The summed E-state index contributed by atoms with van der Waals surface area (Å²) in [6.45, 7) is 4.23. The summed E-state index contributed by atoms with van der Waals surface area (Å²) in [5.41, 5.74) is -1.22. The number of para-hydroxylation sites is 1. The van der Waals surface area contributed by atoms with Gasteiger partial charge in [0.15, 0.2) is 0 Å². The second-order valence-electron chi connectivity index (χ2n) is 6.55. The molecule has 6 nitrogen and oxygen atoms in total. The van der Waals surface area contributed by atoms with Crippen molar-refractivity contribution in [1.82, 2.24) is 10.2 Å². The fourth-order valence-corrected chi connectivity index (χ4v) is 4.20. The van der Waals surface area contributed by atoms with Gasteiger partial charge in [0, 0.05) is 12.1 Å². The van der Waals surface area contributed by atoms with Crippen LogP contribution < -0.4 is 15.5 Å². The fourth-order valence-electron chi connectivity index (χ4n) is 3.26. The highest BCUT2D eigenvalue weighted by Crippen LogP contribution is 2.35. The van der Waals surface area contributed by atoms with Gasteiger partial charge in [-0.25, -0.2) is 4.79 Å². The van der Waals surface area contributed by atoms with Crippen LogP contribution in [0.1, 0.15) is 38.7 Å². The van der Waals surface area contributed by atoms with E-state index < -0.39 is 17.8 Å². The molecule has 0 spiro atoms. The standard InChI is InChI=1S/C17H20F3N5OS/c1-10-6-5-7-11(2)25(10)16-24-23-15(27-16)22-14(26)21-13-9-4-3-8-12(13)17(18,19)20/h3-4,8-11H,5-7H2,1-2H3,(H2,21,22,23,26)/t10-,11-/m1/s1. The minimum atomic E-state index is -4.56. The molecule has 1 aliphatic rings. The largest absolute Gasteiger partial charge is 0.418 e. The summed E-state index contributed by atoms with van der Waals surface area (Å²) in [4.78, 5) is 14.3. The van der Waals surface area contributed by atoms with E-state index in [0.717, 1.165) is 25.3 Å². The Kier molecular flexibility index (Phi) is 5.54. The summed E-state index contributed by atoms with van der Waals surface area (Å²) in [6, 6.07) is 4.65. The molecule has 1 aliphatic heterocycles. The van der Waals surface area contributed by atoms with Crippen LogP contribution in [0.3, 0.4) is 0 Å². The summed E-state index contributed by atoms with van der Waals surface area (Å²) in [5.74, 6) is 0. The van der Waals surface area contributed by atoms with Crippen LogP contribution in [0.4, 0.5) is 33.9 Å². The number of urea groups is 1. The van der Waals surface area contributed by atoms with Crippen molar-refractivity contribution in [2.45, 2.75) is 51.4 Å². The zero-order valence-corrected chi connectivity index (χ0v) is 15.7. The monoisotopic (exact) mass is 399 g/mol. The fraction of sp³-hybridized carbons (Fsp3) is 0.471. The van der Waals surface area contributed by atoms with Crippen LogP contribution in [0.5, 0.6) is 0 Å². The Balaban J connectivity index is 1.69. The Morgan fingerprint density at radius 2 is 1.81 bits per heavy atom. The maximum atomic E-state index is 13.0. The number of anilines is 3. The number of hydrogen-bond donors (Lipinski definition) is 2. The molecule has 10 heteroatoms. The van der Waals surface area contributed by atoms with E-state index in [1.165, 1.54) is 29.5 Å². The van der Waals surface area contributed by atoms with Gasteiger partial charge in [0.25, 0.3) is 0 Å². The molecule has 0 aliphatic carbocycles. The van der Waals surface area contributed by atoms with Crippen molar-refractivity contribution in [3.8, 4) is 0 Å². The number of carbonyl (C=O) groups excluding carboxylic acids is 1. The summed E-state index contributed by atoms with van der Waals surface area (Å²) < 4.78 is 39.0. The third-order valence-corrected chi connectivity index (χ3v) is 5.38. The van der Waals surface area contributed by atoms with Crippen molar-refractivity contribution < 1.29 is 18.0 Å². The average molecular weight is 399 g/mol. The molecule has 1 aromatic carbocycles. The molecule has 1 fully saturated rings. The van der Waals surface area contributed by atoms with Gasteiger partial charge < -0.3 is 10.2 Å². The van der Waals surface area contributed by atoms with E-state index in [1.54, 1.807) is 0 Å². The normalized spacial score (nSPS) is 20.4. The molecule has 3 rings (SSSR count). The van der Waals surface area contributed by atoms with Crippen molar-refractivity contribution in [2.75, 3.05) is 15.5 Å². The first-order chi connectivity index (χ1) is 12.8. The highest BCUT2D eigenvalue weighted by Gasteiger charge is 2.33. The second-order valence-corrected chi connectivity index (χ2v) is 7.50. The molecule has 0 bridgehead atoms. The number of aromatic nitrogens is 2. The van der Waals surface area contributed by atoms with Gasteiger partial charge in [-0.3, -0.25) is 5.32 Å². The van der Waals surface area contributed by atoms with Crippen LogP contribution in [-0.2, 0) is 6.18 Å². The SMILES string of the molecule is C[C@@H]1CCC[C@@H](C)N1c1nnc(NC(=O)Nc2ccccc2C(F)(F)F)s1. The van der Waals surface area contributed by atoms with E-state index in [0.29, 0.717) is 17.2 Å². The lowest BCUT2D eigenvalue weighted by Gasteiger charge is -2.38. The van der Waals surface area contributed by atoms with Crippen molar-refractivity contribution in [3.63, 3.8) is 0 Å². The van der Waals surface area contributed by atoms with Gasteiger partial charge in [0.05, 0.1) is 11.3 Å². The van der Waals surface area contributed by atoms with Crippen molar-refractivity contribution in [3.05, 3.63) is 29.8 Å². The van der Waals surface area contributed by atoms with Gasteiger partial charge >= 0.3 is 12.2 Å². The Morgan fingerprint density at radius 3 is 2.48 bits per heavy atom. The first kappa shape index (κ1) is 19.4. The molecule has 2 atom stereocenters. The smallest absolute Gasteiger partial charge is 0.341 e. The van der Waals surface area contributed by atoms with Crippen LogP contribution in [0.25, 0.3) is 0 Å². The lowest BCUT2D eigenvalue weighted by atomic mass is 9.98. The molecule has 0 unspecified atom stereocenters. The van der Waals surface area contributed by atoms with Crippen LogP contribution in [0, 0.1) is 0 Å². The number of benzene rings is 1. The summed E-state index contributed by atoms with van der Waals surface area (Å²) >= 11 is 1.21. The maximum Gasteiger partial charge on any atom is 0.418 e. The molecule has 1 aromatic heterocycles. The Bertz CT molecular complexity index is 800. The molecular weight excluding hydrogens is 379 g/mol. The van der Waals surface area contributed by atoms with Gasteiger partial charge in [-0.1, -0.05) is 23.5 Å². The molecular formula is C17H20F3N5OS. The van der Waals surface area contributed by atoms with E-state index in [-0.39, 0.29) is 10.8 Å². The number of halogens is 3. The van der Waals surface area contributed by atoms with E-state index in [1.807, 2.05) is 0 Å². The molecule has 0 saturated carbocycles. The van der Waals surface area contributed by atoms with Gasteiger partial charge in [0.2, 0.25) is 10.3 Å².